The quantitative estimate of drug-likeness (QED) is 0.310. The van der Waals surface area contributed by atoms with Crippen LogP contribution >= 0.6 is 11.8 Å². The van der Waals surface area contributed by atoms with Crippen molar-refractivity contribution in [1.82, 2.24) is 15.0 Å². The van der Waals surface area contributed by atoms with Gasteiger partial charge in [-0.3, -0.25) is 9.52 Å². The molecule has 0 bridgehead atoms. The first-order valence-corrected chi connectivity index (χ1v) is 12.6. The zero-order chi connectivity index (χ0) is 24.8. The molecule has 14 heteroatoms. The number of aliphatic hydroxyl groups excluding tert-OH is 1. The molecule has 0 aliphatic rings. The zero-order valence-electron chi connectivity index (χ0n) is 18.0. The molecule has 33 heavy (non-hydrogen) atoms. The maximum Gasteiger partial charge on any atom is 0.416 e. The Kier molecular flexibility index (Phi) is 9.03. The van der Waals surface area contributed by atoms with E-state index in [9.17, 15) is 31.5 Å². The lowest BCUT2D eigenvalue weighted by Gasteiger charge is -2.18. The second kappa shape index (κ2) is 11.1. The van der Waals surface area contributed by atoms with Crippen LogP contribution in [0.4, 0.5) is 25.1 Å². The highest BCUT2D eigenvalue weighted by Gasteiger charge is 2.30. The standard InChI is InChI=1S/C19H24F3N5O4S2/c1-11(2)8-14(9-28)23-16-24-17(27-33(3,30)31)26-18(25-16)32-10-15(29)12-4-6-13(7-5-12)19(20,21)22/h4-7,11,14,28H,8-10H2,1-3H3,(H2,23,24,25,26,27)/t14-/m1/s1. The number of ketones is 1. The highest BCUT2D eigenvalue weighted by atomic mass is 32.2. The topological polar surface area (TPSA) is 134 Å². The maximum atomic E-state index is 12.7. The minimum absolute atomic E-state index is 0.000305. The maximum absolute atomic E-state index is 12.7. The van der Waals surface area contributed by atoms with Crippen LogP contribution < -0.4 is 10.0 Å². The third-order valence-corrected chi connectivity index (χ3v) is 5.47. The van der Waals surface area contributed by atoms with E-state index >= 15 is 0 Å². The van der Waals surface area contributed by atoms with E-state index in [4.69, 9.17) is 0 Å². The predicted octanol–water partition coefficient (Wildman–Crippen LogP) is 3.06. The van der Waals surface area contributed by atoms with E-state index in [2.05, 4.69) is 25.0 Å². The Hall–Kier alpha value is -2.45. The number of alkyl halides is 3. The fourth-order valence-electron chi connectivity index (χ4n) is 2.69. The number of hydrogen-bond acceptors (Lipinski definition) is 9. The molecule has 0 radical (unpaired) electrons. The minimum atomic E-state index is -4.50. The second-order valence-electron chi connectivity index (χ2n) is 7.58. The molecule has 1 aromatic heterocycles. The summed E-state index contributed by atoms with van der Waals surface area (Å²) < 4.78 is 63.4. The van der Waals surface area contributed by atoms with Crippen molar-refractivity contribution in [3.63, 3.8) is 0 Å². The number of anilines is 2. The van der Waals surface area contributed by atoms with Gasteiger partial charge in [0.05, 0.1) is 30.2 Å². The number of aromatic nitrogens is 3. The van der Waals surface area contributed by atoms with Gasteiger partial charge >= 0.3 is 6.18 Å². The molecule has 0 unspecified atom stereocenters. The summed E-state index contributed by atoms with van der Waals surface area (Å²) >= 11 is 0.865. The van der Waals surface area contributed by atoms with E-state index in [1.165, 1.54) is 0 Å². The lowest BCUT2D eigenvalue weighted by molar-refractivity contribution is -0.137. The number of aliphatic hydroxyl groups is 1. The van der Waals surface area contributed by atoms with Crippen molar-refractivity contribution in [3.05, 3.63) is 35.4 Å². The third kappa shape index (κ3) is 9.14. The van der Waals surface area contributed by atoms with Crippen molar-refractivity contribution in [2.24, 2.45) is 5.92 Å². The summed E-state index contributed by atoms with van der Waals surface area (Å²) in [6.45, 7) is 3.71. The fourth-order valence-corrected chi connectivity index (χ4v) is 3.84. The summed E-state index contributed by atoms with van der Waals surface area (Å²) in [6.07, 6.45) is -3.00. The number of thioether (sulfide) groups is 1. The summed E-state index contributed by atoms with van der Waals surface area (Å²) in [5.41, 5.74) is -0.786. The molecule has 0 saturated heterocycles. The van der Waals surface area contributed by atoms with Crippen LogP contribution in [-0.4, -0.2) is 58.9 Å². The molecule has 9 nitrogen and oxygen atoms in total. The molecule has 0 spiro atoms. The van der Waals surface area contributed by atoms with Crippen molar-refractivity contribution in [2.45, 2.75) is 37.6 Å². The van der Waals surface area contributed by atoms with E-state index in [1.807, 2.05) is 13.8 Å². The van der Waals surface area contributed by atoms with Crippen LogP contribution in [0.5, 0.6) is 0 Å². The van der Waals surface area contributed by atoms with Gasteiger partial charge in [-0.15, -0.1) is 0 Å². The molecule has 0 fully saturated rings. The Morgan fingerprint density at radius 1 is 1.12 bits per heavy atom. The summed E-state index contributed by atoms with van der Waals surface area (Å²) in [5, 5.41) is 12.5. The van der Waals surface area contributed by atoms with E-state index in [0.29, 0.717) is 6.42 Å². The first-order chi connectivity index (χ1) is 15.3. The Balaban J connectivity index is 2.19. The van der Waals surface area contributed by atoms with Crippen LogP contribution in [0.3, 0.4) is 0 Å². The molecular weight excluding hydrogens is 483 g/mol. The van der Waals surface area contributed by atoms with Crippen molar-refractivity contribution in [3.8, 4) is 0 Å². The molecule has 2 aromatic rings. The van der Waals surface area contributed by atoms with Gasteiger partial charge in [0.15, 0.2) is 10.9 Å². The van der Waals surface area contributed by atoms with Crippen molar-refractivity contribution >= 4 is 39.5 Å². The Labute approximate surface area is 193 Å². The van der Waals surface area contributed by atoms with Gasteiger partial charge in [0.2, 0.25) is 21.9 Å². The van der Waals surface area contributed by atoms with Gasteiger partial charge in [-0.25, -0.2) is 8.42 Å². The number of nitrogens with zero attached hydrogens (tertiary/aromatic N) is 3. The molecule has 3 N–H and O–H groups in total. The van der Waals surface area contributed by atoms with Crippen molar-refractivity contribution in [1.29, 1.82) is 0 Å². The summed E-state index contributed by atoms with van der Waals surface area (Å²) in [7, 11) is -3.70. The molecule has 1 atom stereocenters. The number of nitrogens with one attached hydrogen (secondary N) is 2. The SMILES string of the molecule is CC(C)C[C@H](CO)Nc1nc(NS(C)(=O)=O)nc(SCC(=O)c2ccc(C(F)(F)F)cc2)n1. The van der Waals surface area contributed by atoms with Gasteiger partial charge in [0, 0.05) is 5.56 Å². The Morgan fingerprint density at radius 3 is 2.24 bits per heavy atom. The van der Waals surface area contributed by atoms with Gasteiger partial charge in [-0.1, -0.05) is 37.7 Å². The minimum Gasteiger partial charge on any atom is -0.394 e. The van der Waals surface area contributed by atoms with Crippen molar-refractivity contribution < 1.29 is 31.5 Å². The van der Waals surface area contributed by atoms with E-state index in [-0.39, 0.29) is 40.9 Å². The van der Waals surface area contributed by atoms with Gasteiger partial charge in [0.1, 0.15) is 0 Å². The molecule has 0 aliphatic carbocycles. The Bertz CT molecular complexity index is 1060. The molecule has 1 heterocycles. The highest BCUT2D eigenvalue weighted by Crippen LogP contribution is 2.29. The number of Topliss-reactive ketones (excluding diaryl/α,β-unsaturated/α-hetero) is 1. The number of sulfonamides is 1. The molecule has 182 valence electrons. The molecule has 2 rings (SSSR count). The number of halogens is 3. The summed E-state index contributed by atoms with van der Waals surface area (Å²) in [4.78, 5) is 24.5. The average molecular weight is 508 g/mol. The lowest BCUT2D eigenvalue weighted by Crippen LogP contribution is -2.27. The fraction of sp³-hybridized carbons (Fsp3) is 0.474. The molecule has 0 amide bonds. The van der Waals surface area contributed by atoms with Crippen LogP contribution in [0.2, 0.25) is 0 Å². The highest BCUT2D eigenvalue weighted by molar-refractivity contribution is 7.99. The normalized spacial score (nSPS) is 13.1. The van der Waals surface area contributed by atoms with Gasteiger partial charge in [-0.2, -0.15) is 28.1 Å². The number of rotatable bonds is 11. The Morgan fingerprint density at radius 2 is 1.73 bits per heavy atom. The number of hydrogen-bond donors (Lipinski definition) is 3. The lowest BCUT2D eigenvalue weighted by atomic mass is 10.0. The first kappa shape index (κ1) is 26.8. The van der Waals surface area contributed by atoms with Crippen molar-refractivity contribution in [2.75, 3.05) is 28.7 Å². The molecule has 0 saturated carbocycles. The van der Waals surface area contributed by atoms with Crippen LogP contribution in [0.1, 0.15) is 36.2 Å². The first-order valence-electron chi connectivity index (χ1n) is 9.71. The van der Waals surface area contributed by atoms with E-state index < -0.39 is 33.6 Å². The monoisotopic (exact) mass is 507 g/mol. The van der Waals surface area contributed by atoms with Crippen LogP contribution in [0, 0.1) is 5.92 Å². The number of carbonyl (C=O) groups is 1. The largest absolute Gasteiger partial charge is 0.416 e. The number of carbonyl (C=O) groups excluding carboxylic acids is 1. The zero-order valence-corrected chi connectivity index (χ0v) is 19.7. The number of benzene rings is 1. The van der Waals surface area contributed by atoms with Crippen LogP contribution in [-0.2, 0) is 16.2 Å². The van der Waals surface area contributed by atoms with Gasteiger partial charge in [0.25, 0.3) is 0 Å². The third-order valence-electron chi connectivity index (χ3n) is 4.07. The van der Waals surface area contributed by atoms with Crippen LogP contribution in [0.15, 0.2) is 29.4 Å². The second-order valence-corrected chi connectivity index (χ2v) is 10.3. The molecule has 1 aromatic carbocycles. The van der Waals surface area contributed by atoms with Crippen LogP contribution in [0.25, 0.3) is 0 Å². The average Bonchev–Trinajstić information content (AvgIpc) is 2.69. The van der Waals surface area contributed by atoms with E-state index in [0.717, 1.165) is 42.3 Å². The smallest absolute Gasteiger partial charge is 0.394 e. The molecule has 0 aliphatic heterocycles. The summed E-state index contributed by atoms with van der Waals surface area (Å²) in [6, 6.07) is 3.41. The van der Waals surface area contributed by atoms with Gasteiger partial charge in [-0.05, 0) is 24.5 Å². The van der Waals surface area contributed by atoms with E-state index in [1.54, 1.807) is 0 Å². The van der Waals surface area contributed by atoms with Gasteiger partial charge < -0.3 is 10.4 Å². The predicted molar refractivity (Wildman–Crippen MR) is 119 cm³/mol. The summed E-state index contributed by atoms with van der Waals surface area (Å²) in [5.74, 6) is -0.696. The molecular formula is C19H24F3N5O4S2.